The Kier molecular flexibility index (Phi) is 5.12. The fraction of sp³-hybridized carbons (Fsp3) is 0.100. The number of hydrogen-bond acceptors (Lipinski definition) is 4. The van der Waals surface area contributed by atoms with Crippen molar-refractivity contribution in [3.63, 3.8) is 0 Å². The summed E-state index contributed by atoms with van der Waals surface area (Å²) in [5.41, 5.74) is -0.699. The number of aliphatic carboxylic acids is 1. The van der Waals surface area contributed by atoms with Crippen LogP contribution in [0.4, 0.5) is 8.78 Å². The molecule has 0 fully saturated rings. The first-order chi connectivity index (χ1) is 13.3. The summed E-state index contributed by atoms with van der Waals surface area (Å²) in [5.74, 6) is -5.27. The molecule has 0 radical (unpaired) electrons. The van der Waals surface area contributed by atoms with Gasteiger partial charge in [0.25, 0.3) is 0 Å². The van der Waals surface area contributed by atoms with Gasteiger partial charge in [0, 0.05) is 18.1 Å². The fourth-order valence-corrected chi connectivity index (χ4v) is 2.84. The van der Waals surface area contributed by atoms with Crippen molar-refractivity contribution in [2.24, 2.45) is 0 Å². The molecule has 8 heteroatoms. The van der Waals surface area contributed by atoms with Gasteiger partial charge in [0.15, 0.2) is 11.2 Å². The highest BCUT2D eigenvalue weighted by Gasteiger charge is 2.22. The number of aromatic nitrogens is 1. The molecule has 0 spiro atoms. The van der Waals surface area contributed by atoms with E-state index in [2.05, 4.69) is 0 Å². The van der Waals surface area contributed by atoms with Crippen LogP contribution in [0.15, 0.2) is 53.5 Å². The van der Waals surface area contributed by atoms with Gasteiger partial charge in [-0.2, -0.15) is 0 Å². The Hall–Kier alpha value is -3.68. The second-order valence-corrected chi connectivity index (χ2v) is 6.09. The zero-order valence-corrected chi connectivity index (χ0v) is 14.3. The maximum Gasteiger partial charge on any atom is 0.372 e. The lowest BCUT2D eigenvalue weighted by molar-refractivity contribution is -0.148. The van der Waals surface area contributed by atoms with Gasteiger partial charge in [-0.25, -0.2) is 13.6 Å². The van der Waals surface area contributed by atoms with Gasteiger partial charge < -0.3 is 9.67 Å². The Morgan fingerprint density at radius 1 is 1.00 bits per heavy atom. The average molecular weight is 385 g/mol. The lowest BCUT2D eigenvalue weighted by Gasteiger charge is -2.14. The van der Waals surface area contributed by atoms with Crippen LogP contribution in [0.5, 0.6) is 0 Å². The molecule has 0 aliphatic rings. The topological polar surface area (TPSA) is 93.4 Å². The molecule has 1 heterocycles. The molecule has 1 aromatic heterocycles. The number of fused-ring (bicyclic) bond motifs is 1. The Morgan fingerprint density at radius 2 is 1.68 bits per heavy atom. The van der Waals surface area contributed by atoms with Crippen LogP contribution < -0.4 is 5.43 Å². The van der Waals surface area contributed by atoms with Crippen molar-refractivity contribution in [3.8, 4) is 0 Å². The number of carboxylic acids is 1. The van der Waals surface area contributed by atoms with Gasteiger partial charge in [-0.3, -0.25) is 14.4 Å². The van der Waals surface area contributed by atoms with Gasteiger partial charge in [-0.05, 0) is 29.8 Å². The smallest absolute Gasteiger partial charge is 0.372 e. The number of carbonyl (C=O) groups is 3. The predicted molar refractivity (Wildman–Crippen MR) is 95.3 cm³/mol. The van der Waals surface area contributed by atoms with Crippen LogP contribution in [0.3, 0.4) is 0 Å². The Bertz CT molecular complexity index is 1170. The van der Waals surface area contributed by atoms with E-state index in [9.17, 15) is 28.0 Å². The third kappa shape index (κ3) is 3.71. The third-order valence-corrected chi connectivity index (χ3v) is 4.17. The van der Waals surface area contributed by atoms with Crippen LogP contribution in [-0.2, 0) is 16.1 Å². The van der Waals surface area contributed by atoms with E-state index in [1.165, 1.54) is 41.0 Å². The number of Topliss-reactive ketones (excluding diaryl/α,β-unsaturated/α-hetero) is 2. The van der Waals surface area contributed by atoms with Crippen molar-refractivity contribution in [1.29, 1.82) is 0 Å². The van der Waals surface area contributed by atoms with E-state index < -0.39 is 46.6 Å². The van der Waals surface area contributed by atoms with Crippen molar-refractivity contribution < 1.29 is 28.3 Å². The molecule has 0 saturated heterocycles. The van der Waals surface area contributed by atoms with Crippen LogP contribution in [0.1, 0.15) is 22.3 Å². The maximum atomic E-state index is 14.4. The molecule has 0 aliphatic carbocycles. The molecule has 3 rings (SSSR count). The van der Waals surface area contributed by atoms with Crippen LogP contribution in [0.25, 0.3) is 10.9 Å². The van der Waals surface area contributed by atoms with Gasteiger partial charge in [0.2, 0.25) is 5.78 Å². The van der Waals surface area contributed by atoms with E-state index in [1.54, 1.807) is 0 Å². The maximum absolute atomic E-state index is 14.4. The minimum absolute atomic E-state index is 0.0190. The molecule has 0 amide bonds. The monoisotopic (exact) mass is 385 g/mol. The molecule has 3 aromatic rings. The van der Waals surface area contributed by atoms with Gasteiger partial charge in [-0.1, -0.05) is 18.2 Å². The van der Waals surface area contributed by atoms with Crippen molar-refractivity contribution in [2.45, 2.75) is 13.0 Å². The Labute approximate surface area is 156 Å². The largest absolute Gasteiger partial charge is 0.475 e. The van der Waals surface area contributed by atoms with Gasteiger partial charge in [-0.15, -0.1) is 0 Å². The van der Waals surface area contributed by atoms with E-state index in [1.807, 2.05) is 0 Å². The summed E-state index contributed by atoms with van der Waals surface area (Å²) < 4.78 is 28.8. The van der Waals surface area contributed by atoms with Crippen LogP contribution in [0.2, 0.25) is 0 Å². The third-order valence-electron chi connectivity index (χ3n) is 4.17. The van der Waals surface area contributed by atoms with E-state index >= 15 is 0 Å². The second kappa shape index (κ2) is 7.51. The van der Waals surface area contributed by atoms with Crippen molar-refractivity contribution in [2.75, 3.05) is 0 Å². The van der Waals surface area contributed by atoms with Gasteiger partial charge >= 0.3 is 5.97 Å². The first kappa shape index (κ1) is 19.1. The number of para-hydroxylation sites is 1. The van der Waals surface area contributed by atoms with Crippen molar-refractivity contribution >= 4 is 28.4 Å². The molecule has 28 heavy (non-hydrogen) atoms. The first-order valence-corrected chi connectivity index (χ1v) is 8.13. The highest BCUT2D eigenvalue weighted by atomic mass is 19.1. The molecule has 2 aromatic carbocycles. The Morgan fingerprint density at radius 3 is 2.32 bits per heavy atom. The summed E-state index contributed by atoms with van der Waals surface area (Å²) in [7, 11) is 0. The predicted octanol–water partition coefficient (Wildman–Crippen LogP) is 2.55. The quantitative estimate of drug-likeness (QED) is 0.400. The van der Waals surface area contributed by atoms with E-state index in [4.69, 9.17) is 5.11 Å². The number of benzene rings is 2. The normalized spacial score (nSPS) is 10.8. The fourth-order valence-electron chi connectivity index (χ4n) is 2.84. The zero-order chi connectivity index (χ0) is 20.4. The highest BCUT2D eigenvalue weighted by molar-refractivity contribution is 6.37. The van der Waals surface area contributed by atoms with Crippen molar-refractivity contribution in [1.82, 2.24) is 4.57 Å². The van der Waals surface area contributed by atoms with E-state index in [-0.39, 0.29) is 17.4 Å². The summed E-state index contributed by atoms with van der Waals surface area (Å²) >= 11 is 0. The molecular formula is C20H13F2NO5. The van der Waals surface area contributed by atoms with Crippen LogP contribution in [0, 0.1) is 11.6 Å². The lowest BCUT2D eigenvalue weighted by atomic mass is 10.0. The van der Waals surface area contributed by atoms with E-state index in [0.717, 1.165) is 12.3 Å². The number of hydrogen-bond donors (Lipinski definition) is 1. The number of pyridine rings is 1. The number of nitrogens with zero attached hydrogens (tertiary/aromatic N) is 1. The average Bonchev–Trinajstić information content (AvgIpc) is 2.65. The molecule has 0 aliphatic heterocycles. The minimum Gasteiger partial charge on any atom is -0.475 e. The molecule has 0 saturated carbocycles. The Balaban J connectivity index is 2.15. The molecule has 0 bridgehead atoms. The summed E-state index contributed by atoms with van der Waals surface area (Å²) in [6, 6.07) is 9.15. The number of ketones is 2. The van der Waals surface area contributed by atoms with Gasteiger partial charge in [0.05, 0.1) is 17.5 Å². The van der Waals surface area contributed by atoms with Crippen molar-refractivity contribution in [3.05, 3.63) is 81.6 Å². The van der Waals surface area contributed by atoms with Crippen LogP contribution in [-0.4, -0.2) is 27.2 Å². The summed E-state index contributed by atoms with van der Waals surface area (Å²) in [6.45, 7) is 0.0190. The summed E-state index contributed by atoms with van der Waals surface area (Å²) in [4.78, 5) is 46.9. The standard InChI is InChI=1S/C20H13F2NO5/c21-12-6-4-11(5-7-12)9-23-10-14(16(24)8-17(25)20(27)28)19(26)13-2-1-3-15(22)18(13)23/h1-7,10H,8-9H2,(H,27,28). The summed E-state index contributed by atoms with van der Waals surface area (Å²) in [6.07, 6.45) is 0.108. The van der Waals surface area contributed by atoms with Crippen LogP contribution >= 0.6 is 0 Å². The van der Waals surface area contributed by atoms with Gasteiger partial charge in [0.1, 0.15) is 11.6 Å². The minimum atomic E-state index is -1.79. The SMILES string of the molecule is O=C(O)C(=O)CC(=O)c1cn(Cc2ccc(F)cc2)c2c(F)cccc2c1=O. The molecule has 0 unspecified atom stereocenters. The summed E-state index contributed by atoms with van der Waals surface area (Å²) in [5, 5.41) is 8.57. The lowest BCUT2D eigenvalue weighted by Crippen LogP contribution is -2.24. The number of carboxylic acid groups (broad SMARTS) is 1. The van der Waals surface area contributed by atoms with E-state index in [0.29, 0.717) is 5.56 Å². The number of rotatable bonds is 6. The molecule has 6 nitrogen and oxygen atoms in total. The first-order valence-electron chi connectivity index (χ1n) is 8.13. The second-order valence-electron chi connectivity index (χ2n) is 6.09. The molecular weight excluding hydrogens is 372 g/mol. The molecule has 1 N–H and O–H groups in total. The molecule has 142 valence electrons. The molecule has 0 atom stereocenters. The zero-order valence-electron chi connectivity index (χ0n) is 14.3. The number of carbonyl (C=O) groups excluding carboxylic acids is 2. The highest BCUT2D eigenvalue weighted by Crippen LogP contribution is 2.18. The number of halogens is 2.